The van der Waals surface area contributed by atoms with E-state index < -0.39 is 5.72 Å². The molecule has 1 N–H and O–H groups in total. The maximum atomic E-state index is 11.7. The molecule has 2 aliphatic rings. The van der Waals surface area contributed by atoms with E-state index in [2.05, 4.69) is 40.7 Å². The van der Waals surface area contributed by atoms with Gasteiger partial charge in [-0.3, -0.25) is 0 Å². The van der Waals surface area contributed by atoms with E-state index in [1.165, 1.54) is 29.9 Å². The van der Waals surface area contributed by atoms with Gasteiger partial charge < -0.3 is 5.11 Å². The summed E-state index contributed by atoms with van der Waals surface area (Å²) in [7, 11) is 0. The minimum atomic E-state index is -0.941. The molecule has 2 aliphatic heterocycles. The van der Waals surface area contributed by atoms with Gasteiger partial charge in [0.15, 0.2) is 6.54 Å². The van der Waals surface area contributed by atoms with Crippen LogP contribution in [-0.2, 0) is 5.72 Å². The molecule has 0 spiro atoms. The lowest BCUT2D eigenvalue weighted by molar-refractivity contribution is -0.658. The molecule has 1 atom stereocenters. The molecule has 0 radical (unpaired) electrons. The van der Waals surface area contributed by atoms with Crippen molar-refractivity contribution in [1.82, 2.24) is 0 Å². The summed E-state index contributed by atoms with van der Waals surface area (Å²) in [5.41, 5.74) is 2.52. The van der Waals surface area contributed by atoms with Crippen molar-refractivity contribution in [2.75, 3.05) is 18.0 Å². The first-order valence-corrected chi connectivity index (χ1v) is 8.95. The van der Waals surface area contributed by atoms with Crippen LogP contribution in [0.4, 0.5) is 5.69 Å². The molecule has 0 amide bonds. The van der Waals surface area contributed by atoms with Crippen LogP contribution in [0.3, 0.4) is 0 Å². The lowest BCUT2D eigenvalue weighted by Gasteiger charge is -2.23. The number of β-amino-alcohol motifs (C(OH)–C–C–N with tert-alkyl or cyclic N) is 1. The first-order valence-electron chi connectivity index (χ1n) is 8.95. The van der Waals surface area contributed by atoms with Crippen molar-refractivity contribution in [3.05, 3.63) is 65.7 Å². The molecule has 0 saturated carbocycles. The molecule has 124 valence electrons. The molecule has 2 heterocycles. The van der Waals surface area contributed by atoms with E-state index in [1.54, 1.807) is 0 Å². The summed E-state index contributed by atoms with van der Waals surface area (Å²) in [4.78, 5) is 2.34. The molecule has 2 aromatic rings. The van der Waals surface area contributed by atoms with Crippen molar-refractivity contribution in [2.24, 2.45) is 0 Å². The number of nitrogens with zero attached hydrogens (tertiary/aromatic N) is 2. The van der Waals surface area contributed by atoms with Gasteiger partial charge in [0.25, 0.3) is 11.6 Å². The fourth-order valence-corrected chi connectivity index (χ4v) is 4.11. The Morgan fingerprint density at radius 3 is 2.50 bits per heavy atom. The fourth-order valence-electron chi connectivity index (χ4n) is 4.11. The SMILES string of the molecule is Cc1ccccc1N1C[C@@](O)(c2ccccc2)[N+]2=C1CCCCC2. The van der Waals surface area contributed by atoms with Gasteiger partial charge in [-0.05, 0) is 37.8 Å². The third-order valence-electron chi connectivity index (χ3n) is 5.37. The van der Waals surface area contributed by atoms with Gasteiger partial charge in [0.2, 0.25) is 0 Å². The predicted octanol–water partition coefficient (Wildman–Crippen LogP) is 3.65. The number of rotatable bonds is 2. The first kappa shape index (κ1) is 15.4. The Kier molecular flexibility index (Phi) is 3.89. The molecule has 3 nitrogen and oxygen atoms in total. The molecule has 4 rings (SSSR count). The number of hydrogen-bond acceptors (Lipinski definition) is 2. The van der Waals surface area contributed by atoms with Gasteiger partial charge in [-0.1, -0.05) is 48.5 Å². The molecular weight excluding hydrogens is 296 g/mol. The second-order valence-electron chi connectivity index (χ2n) is 6.93. The molecule has 24 heavy (non-hydrogen) atoms. The smallest absolute Gasteiger partial charge is 0.271 e. The van der Waals surface area contributed by atoms with E-state index >= 15 is 0 Å². The minimum Gasteiger partial charge on any atom is -0.346 e. The molecular formula is C21H25N2O+. The number of aliphatic hydroxyl groups is 1. The number of aryl methyl sites for hydroxylation is 1. The van der Waals surface area contributed by atoms with Crippen LogP contribution in [0.2, 0.25) is 0 Å². The number of para-hydroxylation sites is 1. The summed E-state index contributed by atoms with van der Waals surface area (Å²) >= 11 is 0. The average molecular weight is 321 g/mol. The van der Waals surface area contributed by atoms with Gasteiger partial charge in [0, 0.05) is 12.0 Å². The van der Waals surface area contributed by atoms with Gasteiger partial charge in [0.1, 0.15) is 5.69 Å². The highest BCUT2D eigenvalue weighted by Crippen LogP contribution is 2.36. The molecule has 0 bridgehead atoms. The van der Waals surface area contributed by atoms with Gasteiger partial charge in [-0.25, -0.2) is 9.48 Å². The maximum absolute atomic E-state index is 11.7. The quantitative estimate of drug-likeness (QED) is 0.855. The summed E-state index contributed by atoms with van der Waals surface area (Å²) in [5.74, 6) is 1.27. The van der Waals surface area contributed by atoms with Crippen LogP contribution in [0.5, 0.6) is 0 Å². The van der Waals surface area contributed by atoms with Gasteiger partial charge in [-0.2, -0.15) is 0 Å². The second-order valence-corrected chi connectivity index (χ2v) is 6.93. The summed E-state index contributed by atoms with van der Waals surface area (Å²) in [6, 6.07) is 18.6. The fraction of sp³-hybridized carbons (Fsp3) is 0.381. The molecule has 0 saturated heterocycles. The Balaban J connectivity index is 1.84. The second kappa shape index (κ2) is 6.06. The van der Waals surface area contributed by atoms with E-state index in [9.17, 15) is 5.11 Å². The van der Waals surface area contributed by atoms with Gasteiger partial charge in [-0.15, -0.1) is 0 Å². The lowest BCUT2D eigenvalue weighted by Crippen LogP contribution is -2.41. The number of amidine groups is 1. The predicted molar refractivity (Wildman–Crippen MR) is 97.5 cm³/mol. The van der Waals surface area contributed by atoms with Crippen molar-refractivity contribution in [1.29, 1.82) is 0 Å². The number of hydrogen-bond donors (Lipinski definition) is 1. The standard InChI is InChI=1S/C21H25N2O/c1-17-10-7-8-13-19(17)22-16-21(24,18-11-4-2-5-12-18)23-15-9-3-6-14-20(22)23/h2,4-5,7-8,10-13,24H,3,6,9,14-16H2,1H3/q+1/t21-/m1/s1. The van der Waals surface area contributed by atoms with Crippen LogP contribution in [0.25, 0.3) is 0 Å². The summed E-state index contributed by atoms with van der Waals surface area (Å²) < 4.78 is 2.25. The Morgan fingerprint density at radius 2 is 1.71 bits per heavy atom. The highest BCUT2D eigenvalue weighted by atomic mass is 16.3. The van der Waals surface area contributed by atoms with Crippen molar-refractivity contribution in [3.8, 4) is 0 Å². The highest BCUT2D eigenvalue weighted by Gasteiger charge is 2.52. The van der Waals surface area contributed by atoms with Crippen molar-refractivity contribution < 1.29 is 9.68 Å². The minimum absolute atomic E-state index is 0.594. The summed E-state index contributed by atoms with van der Waals surface area (Å²) in [6.07, 6.45) is 4.59. The molecule has 0 aromatic heterocycles. The van der Waals surface area contributed by atoms with Crippen molar-refractivity contribution in [3.63, 3.8) is 0 Å². The molecule has 0 fully saturated rings. The largest absolute Gasteiger partial charge is 0.346 e. The number of anilines is 1. The Morgan fingerprint density at radius 1 is 0.958 bits per heavy atom. The molecule has 2 aromatic carbocycles. The summed E-state index contributed by atoms with van der Waals surface area (Å²) in [6.45, 7) is 3.66. The van der Waals surface area contributed by atoms with Gasteiger partial charge >= 0.3 is 0 Å². The lowest BCUT2D eigenvalue weighted by atomic mass is 10.0. The van der Waals surface area contributed by atoms with Crippen LogP contribution in [-0.4, -0.2) is 28.6 Å². The zero-order chi connectivity index (χ0) is 16.6. The van der Waals surface area contributed by atoms with E-state index in [0.29, 0.717) is 6.54 Å². The van der Waals surface area contributed by atoms with Gasteiger partial charge in [0.05, 0.1) is 6.54 Å². The Hall–Kier alpha value is -2.13. The molecule has 0 aliphatic carbocycles. The topological polar surface area (TPSA) is 26.5 Å². The van der Waals surface area contributed by atoms with E-state index in [1.807, 2.05) is 30.3 Å². The summed E-state index contributed by atoms with van der Waals surface area (Å²) in [5, 5.41) is 11.7. The monoisotopic (exact) mass is 321 g/mol. The van der Waals surface area contributed by atoms with Crippen molar-refractivity contribution >= 4 is 11.5 Å². The zero-order valence-electron chi connectivity index (χ0n) is 14.3. The Bertz CT molecular complexity index is 768. The van der Waals surface area contributed by atoms with Crippen molar-refractivity contribution in [2.45, 2.75) is 38.3 Å². The maximum Gasteiger partial charge on any atom is 0.271 e. The number of benzene rings is 2. The first-order chi connectivity index (χ1) is 11.7. The van der Waals surface area contributed by atoms with Crippen LogP contribution >= 0.6 is 0 Å². The molecule has 3 heteroatoms. The third kappa shape index (κ3) is 2.44. The van der Waals surface area contributed by atoms with Crippen LogP contribution in [0, 0.1) is 6.92 Å². The van der Waals surface area contributed by atoms with Crippen LogP contribution in [0.1, 0.15) is 36.8 Å². The highest BCUT2D eigenvalue weighted by molar-refractivity contribution is 5.96. The third-order valence-corrected chi connectivity index (χ3v) is 5.37. The van der Waals surface area contributed by atoms with Crippen LogP contribution < -0.4 is 4.90 Å². The average Bonchev–Trinajstić information content (AvgIpc) is 2.78. The Labute approximate surface area is 143 Å². The molecule has 0 unspecified atom stereocenters. The van der Waals surface area contributed by atoms with Crippen LogP contribution in [0.15, 0.2) is 54.6 Å². The van der Waals surface area contributed by atoms with E-state index in [0.717, 1.165) is 24.9 Å². The normalized spacial score (nSPS) is 24.0. The van der Waals surface area contributed by atoms with E-state index in [-0.39, 0.29) is 0 Å². The van der Waals surface area contributed by atoms with E-state index in [4.69, 9.17) is 0 Å². The zero-order valence-corrected chi connectivity index (χ0v) is 14.3.